The number of carbonyl (C=O) groups excluding carboxylic acids is 2. The third-order valence-electron chi connectivity index (χ3n) is 5.82. The molecule has 0 aliphatic carbocycles. The maximum Gasteiger partial charge on any atom is 0.248 e. The average molecular weight is 337 g/mol. The van der Waals surface area contributed by atoms with Crippen LogP contribution in [0.25, 0.3) is 0 Å². The van der Waals surface area contributed by atoms with E-state index in [4.69, 9.17) is 4.74 Å². The van der Waals surface area contributed by atoms with Gasteiger partial charge in [0.25, 0.3) is 0 Å². The summed E-state index contributed by atoms with van der Waals surface area (Å²) in [6.07, 6.45) is 6.51. The highest BCUT2D eigenvalue weighted by atomic mass is 16.5. The SMILES string of the molecule is COCC(=O)N1CCC(N2CCC[C@@H](C(=O)N3CCCC3)C2)CC1. The molecule has 3 rings (SSSR count). The molecule has 0 unspecified atom stereocenters. The second-order valence-corrected chi connectivity index (χ2v) is 7.41. The summed E-state index contributed by atoms with van der Waals surface area (Å²) in [5.74, 6) is 0.659. The number of hydrogen-bond acceptors (Lipinski definition) is 4. The molecule has 1 atom stereocenters. The first kappa shape index (κ1) is 17.7. The third-order valence-corrected chi connectivity index (χ3v) is 5.82. The molecule has 0 N–H and O–H groups in total. The van der Waals surface area contributed by atoms with E-state index in [1.165, 1.54) is 0 Å². The van der Waals surface area contributed by atoms with E-state index in [0.29, 0.717) is 11.9 Å². The van der Waals surface area contributed by atoms with Crippen LogP contribution in [0.15, 0.2) is 0 Å². The fourth-order valence-corrected chi connectivity index (χ4v) is 4.43. The largest absolute Gasteiger partial charge is 0.375 e. The molecule has 3 heterocycles. The molecule has 0 saturated carbocycles. The first-order chi connectivity index (χ1) is 11.7. The van der Waals surface area contributed by atoms with Gasteiger partial charge in [-0.25, -0.2) is 0 Å². The molecular weight excluding hydrogens is 306 g/mol. The number of carbonyl (C=O) groups is 2. The van der Waals surface area contributed by atoms with Gasteiger partial charge in [-0.3, -0.25) is 14.5 Å². The van der Waals surface area contributed by atoms with Gasteiger partial charge in [0.15, 0.2) is 0 Å². The smallest absolute Gasteiger partial charge is 0.248 e. The van der Waals surface area contributed by atoms with E-state index < -0.39 is 0 Å². The molecule has 3 fully saturated rings. The molecule has 136 valence electrons. The van der Waals surface area contributed by atoms with Crippen LogP contribution in [0.4, 0.5) is 0 Å². The molecule has 6 heteroatoms. The molecule has 3 aliphatic heterocycles. The van der Waals surface area contributed by atoms with Crippen LogP contribution >= 0.6 is 0 Å². The lowest BCUT2D eigenvalue weighted by Crippen LogP contribution is -2.52. The first-order valence-electron chi connectivity index (χ1n) is 9.48. The van der Waals surface area contributed by atoms with Gasteiger partial charge in [-0.2, -0.15) is 0 Å². The van der Waals surface area contributed by atoms with Crippen molar-refractivity contribution < 1.29 is 14.3 Å². The normalized spacial score (nSPS) is 26.8. The van der Waals surface area contributed by atoms with Crippen molar-refractivity contribution >= 4 is 11.8 Å². The Labute approximate surface area is 145 Å². The molecule has 6 nitrogen and oxygen atoms in total. The highest BCUT2D eigenvalue weighted by Gasteiger charge is 2.34. The molecule has 3 saturated heterocycles. The van der Waals surface area contributed by atoms with Crippen molar-refractivity contribution in [1.82, 2.24) is 14.7 Å². The summed E-state index contributed by atoms with van der Waals surface area (Å²) in [4.78, 5) is 31.1. The summed E-state index contributed by atoms with van der Waals surface area (Å²) in [5.41, 5.74) is 0. The molecule has 0 aromatic carbocycles. The number of amides is 2. The molecule has 0 spiro atoms. The van der Waals surface area contributed by atoms with Crippen LogP contribution in [0, 0.1) is 5.92 Å². The Balaban J connectivity index is 1.48. The highest BCUT2D eigenvalue weighted by Crippen LogP contribution is 2.26. The highest BCUT2D eigenvalue weighted by molar-refractivity contribution is 5.79. The topological polar surface area (TPSA) is 53.1 Å². The van der Waals surface area contributed by atoms with Crippen LogP contribution in [0.1, 0.15) is 38.5 Å². The fraction of sp³-hybridized carbons (Fsp3) is 0.889. The van der Waals surface area contributed by atoms with Crippen LogP contribution in [0.2, 0.25) is 0 Å². The van der Waals surface area contributed by atoms with E-state index in [-0.39, 0.29) is 18.4 Å². The van der Waals surface area contributed by atoms with Crippen LogP contribution in [0.5, 0.6) is 0 Å². The van der Waals surface area contributed by atoms with Gasteiger partial charge >= 0.3 is 0 Å². The average Bonchev–Trinajstić information content (AvgIpc) is 3.16. The van der Waals surface area contributed by atoms with Crippen molar-refractivity contribution in [2.75, 3.05) is 53.0 Å². The van der Waals surface area contributed by atoms with Gasteiger partial charge in [-0.05, 0) is 45.1 Å². The summed E-state index contributed by atoms with van der Waals surface area (Å²) in [5, 5.41) is 0. The van der Waals surface area contributed by atoms with Crippen LogP contribution in [-0.2, 0) is 14.3 Å². The Bertz CT molecular complexity index is 443. The minimum absolute atomic E-state index is 0.0941. The minimum Gasteiger partial charge on any atom is -0.375 e. The lowest BCUT2D eigenvalue weighted by molar-refractivity contribution is -0.137. The third kappa shape index (κ3) is 4.09. The maximum absolute atomic E-state index is 12.7. The standard InChI is InChI=1S/C18H31N3O3/c1-24-14-17(22)19-11-6-16(7-12-19)21-10-4-5-15(13-21)18(23)20-8-2-3-9-20/h15-16H,2-14H2,1H3/t15-/m1/s1. The summed E-state index contributed by atoms with van der Waals surface area (Å²) in [7, 11) is 1.57. The van der Waals surface area contributed by atoms with Gasteiger partial charge in [-0.1, -0.05) is 0 Å². The van der Waals surface area contributed by atoms with Crippen LogP contribution < -0.4 is 0 Å². The Morgan fingerprint density at radius 3 is 2.29 bits per heavy atom. The lowest BCUT2D eigenvalue weighted by atomic mass is 9.93. The Morgan fingerprint density at radius 2 is 1.62 bits per heavy atom. The first-order valence-corrected chi connectivity index (χ1v) is 9.48. The van der Waals surface area contributed by atoms with Crippen molar-refractivity contribution in [3.8, 4) is 0 Å². The van der Waals surface area contributed by atoms with Gasteiger partial charge in [0, 0.05) is 45.9 Å². The van der Waals surface area contributed by atoms with E-state index in [9.17, 15) is 9.59 Å². The number of piperidine rings is 2. The van der Waals surface area contributed by atoms with Crippen molar-refractivity contribution in [3.05, 3.63) is 0 Å². The fourth-order valence-electron chi connectivity index (χ4n) is 4.43. The van der Waals surface area contributed by atoms with Crippen molar-refractivity contribution in [2.24, 2.45) is 5.92 Å². The number of methoxy groups -OCH3 is 1. The number of rotatable bonds is 4. The number of nitrogens with zero attached hydrogens (tertiary/aromatic N) is 3. The Morgan fingerprint density at radius 1 is 0.917 bits per heavy atom. The van der Waals surface area contributed by atoms with Crippen molar-refractivity contribution in [2.45, 2.75) is 44.6 Å². The summed E-state index contributed by atoms with van der Waals surface area (Å²) in [6.45, 7) is 5.72. The number of hydrogen-bond donors (Lipinski definition) is 0. The van der Waals surface area contributed by atoms with Crippen molar-refractivity contribution in [3.63, 3.8) is 0 Å². The van der Waals surface area contributed by atoms with Gasteiger partial charge < -0.3 is 14.5 Å². The van der Waals surface area contributed by atoms with Gasteiger partial charge in [0.1, 0.15) is 6.61 Å². The van der Waals surface area contributed by atoms with Crippen molar-refractivity contribution in [1.29, 1.82) is 0 Å². The second-order valence-electron chi connectivity index (χ2n) is 7.41. The van der Waals surface area contributed by atoms with E-state index in [1.54, 1.807) is 7.11 Å². The Hall–Kier alpha value is -1.14. The molecule has 2 amide bonds. The maximum atomic E-state index is 12.7. The monoisotopic (exact) mass is 337 g/mol. The summed E-state index contributed by atoms with van der Waals surface area (Å²) >= 11 is 0. The predicted octanol–water partition coefficient (Wildman–Crippen LogP) is 0.958. The molecule has 0 radical (unpaired) electrons. The van der Waals surface area contributed by atoms with E-state index in [2.05, 4.69) is 9.80 Å². The Kier molecular flexibility index (Phi) is 6.11. The van der Waals surface area contributed by atoms with E-state index in [0.717, 1.165) is 77.8 Å². The van der Waals surface area contributed by atoms with E-state index >= 15 is 0 Å². The minimum atomic E-state index is 0.0941. The van der Waals surface area contributed by atoms with Gasteiger partial charge in [0.05, 0.1) is 5.92 Å². The van der Waals surface area contributed by atoms with Crippen LogP contribution in [-0.4, -0.2) is 85.5 Å². The molecular formula is C18H31N3O3. The van der Waals surface area contributed by atoms with Gasteiger partial charge in [-0.15, -0.1) is 0 Å². The molecule has 0 bridgehead atoms. The van der Waals surface area contributed by atoms with Crippen LogP contribution in [0.3, 0.4) is 0 Å². The molecule has 0 aromatic heterocycles. The predicted molar refractivity (Wildman–Crippen MR) is 91.6 cm³/mol. The number of likely N-dealkylation sites (tertiary alicyclic amines) is 3. The zero-order valence-electron chi connectivity index (χ0n) is 14.9. The summed E-state index contributed by atoms with van der Waals surface area (Å²) < 4.78 is 4.95. The quantitative estimate of drug-likeness (QED) is 0.767. The molecule has 24 heavy (non-hydrogen) atoms. The zero-order valence-corrected chi connectivity index (χ0v) is 14.9. The zero-order chi connectivity index (χ0) is 16.9. The number of ether oxygens (including phenoxy) is 1. The lowest BCUT2D eigenvalue weighted by Gasteiger charge is -2.42. The molecule has 0 aromatic rings. The second kappa shape index (κ2) is 8.30. The summed E-state index contributed by atoms with van der Waals surface area (Å²) in [6, 6.07) is 0.519. The van der Waals surface area contributed by atoms with E-state index in [1.807, 2.05) is 4.90 Å². The van der Waals surface area contributed by atoms with Gasteiger partial charge in [0.2, 0.25) is 11.8 Å². The molecule has 3 aliphatic rings.